The zero-order valence-corrected chi connectivity index (χ0v) is 17.7. The molecule has 1 aromatic heterocycles. The van der Waals surface area contributed by atoms with Gasteiger partial charge >= 0.3 is 0 Å². The number of anilines is 1. The average Bonchev–Trinajstić information content (AvgIpc) is 2.67. The molecule has 2 aromatic rings. The van der Waals surface area contributed by atoms with E-state index in [1.54, 1.807) is 7.11 Å². The third-order valence-electron chi connectivity index (χ3n) is 5.07. The Kier molecular flexibility index (Phi) is 9.40. The van der Waals surface area contributed by atoms with Crippen molar-refractivity contribution in [2.45, 2.75) is 59.3 Å². The minimum absolute atomic E-state index is 0.882. The van der Waals surface area contributed by atoms with Gasteiger partial charge in [0.05, 0.1) is 18.3 Å². The summed E-state index contributed by atoms with van der Waals surface area (Å²) in [7, 11) is 1.72. The fourth-order valence-corrected chi connectivity index (χ4v) is 3.62. The van der Waals surface area contributed by atoms with Crippen LogP contribution in [0.2, 0.25) is 0 Å². The first-order chi connectivity index (χ1) is 13.2. The molecule has 4 heteroatoms. The number of hydrogen-bond acceptors (Lipinski definition) is 4. The van der Waals surface area contributed by atoms with E-state index in [2.05, 4.69) is 48.1 Å². The summed E-state index contributed by atoms with van der Waals surface area (Å²) in [6, 6.07) is 6.18. The Balaban J connectivity index is 1.78. The number of methoxy groups -OCH3 is 1. The van der Waals surface area contributed by atoms with Gasteiger partial charge in [0.15, 0.2) is 0 Å². The molecule has 0 unspecified atom stereocenters. The number of fused-ring (bicyclic) bond motifs is 1. The molecule has 150 valence electrons. The highest BCUT2D eigenvalue weighted by Crippen LogP contribution is 2.29. The standard InChI is InChI=1S/C23H37N3O/c1-5-14-26(15-6-2)16-10-8-7-9-12-24-22-18-20(27-4)17-21-19(3)11-13-25-23(21)22/h11,13,17-18,24H,5-10,12,14-16H2,1-4H3. The van der Waals surface area contributed by atoms with Crippen LogP contribution < -0.4 is 10.1 Å². The van der Waals surface area contributed by atoms with Crippen LogP contribution in [-0.2, 0) is 0 Å². The van der Waals surface area contributed by atoms with Crippen molar-refractivity contribution in [2.24, 2.45) is 0 Å². The van der Waals surface area contributed by atoms with Gasteiger partial charge in [0, 0.05) is 24.2 Å². The van der Waals surface area contributed by atoms with E-state index in [4.69, 9.17) is 4.74 Å². The maximum absolute atomic E-state index is 5.47. The summed E-state index contributed by atoms with van der Waals surface area (Å²) >= 11 is 0. The van der Waals surface area contributed by atoms with Crippen molar-refractivity contribution in [3.8, 4) is 5.75 Å². The van der Waals surface area contributed by atoms with E-state index < -0.39 is 0 Å². The summed E-state index contributed by atoms with van der Waals surface area (Å²) in [5.41, 5.74) is 3.33. The van der Waals surface area contributed by atoms with Crippen molar-refractivity contribution in [2.75, 3.05) is 38.6 Å². The van der Waals surface area contributed by atoms with E-state index in [9.17, 15) is 0 Å². The van der Waals surface area contributed by atoms with E-state index in [1.807, 2.05) is 12.3 Å². The SMILES string of the molecule is CCCN(CCC)CCCCCCNc1cc(OC)cc2c(C)ccnc12. The van der Waals surface area contributed by atoms with Crippen LogP contribution in [0.3, 0.4) is 0 Å². The molecule has 1 heterocycles. The lowest BCUT2D eigenvalue weighted by atomic mass is 10.1. The number of aryl methyl sites for hydroxylation is 1. The number of hydrogen-bond donors (Lipinski definition) is 1. The van der Waals surface area contributed by atoms with Gasteiger partial charge in [-0.1, -0.05) is 26.7 Å². The van der Waals surface area contributed by atoms with Crippen LogP contribution in [0.1, 0.15) is 57.9 Å². The molecule has 0 aliphatic rings. The van der Waals surface area contributed by atoms with Crippen LogP contribution in [0.4, 0.5) is 5.69 Å². The lowest BCUT2D eigenvalue weighted by molar-refractivity contribution is 0.268. The van der Waals surface area contributed by atoms with Gasteiger partial charge in [-0.05, 0) is 69.9 Å². The quantitative estimate of drug-likeness (QED) is 0.462. The molecule has 0 bridgehead atoms. The highest BCUT2D eigenvalue weighted by Gasteiger charge is 2.08. The minimum Gasteiger partial charge on any atom is -0.497 e. The number of benzene rings is 1. The Morgan fingerprint density at radius 2 is 1.74 bits per heavy atom. The van der Waals surface area contributed by atoms with Crippen molar-refractivity contribution < 1.29 is 4.74 Å². The lowest BCUT2D eigenvalue weighted by Gasteiger charge is -2.20. The van der Waals surface area contributed by atoms with Gasteiger partial charge < -0.3 is 15.0 Å². The third kappa shape index (κ3) is 6.69. The number of rotatable bonds is 13. The average molecular weight is 372 g/mol. The van der Waals surface area contributed by atoms with Gasteiger partial charge in [-0.2, -0.15) is 0 Å². The molecule has 0 atom stereocenters. The van der Waals surface area contributed by atoms with E-state index in [0.717, 1.165) is 28.9 Å². The van der Waals surface area contributed by atoms with Gasteiger partial charge in [-0.15, -0.1) is 0 Å². The number of nitrogens with one attached hydrogen (secondary N) is 1. The smallest absolute Gasteiger partial charge is 0.121 e. The number of aromatic nitrogens is 1. The number of unbranched alkanes of at least 4 members (excludes halogenated alkanes) is 3. The molecule has 1 aromatic carbocycles. The highest BCUT2D eigenvalue weighted by atomic mass is 16.5. The van der Waals surface area contributed by atoms with Gasteiger partial charge in [0.1, 0.15) is 5.75 Å². The first kappa shape index (κ1) is 21.5. The molecule has 0 amide bonds. The monoisotopic (exact) mass is 371 g/mol. The van der Waals surface area contributed by atoms with Crippen LogP contribution >= 0.6 is 0 Å². The van der Waals surface area contributed by atoms with Crippen molar-refractivity contribution in [3.05, 3.63) is 30.0 Å². The summed E-state index contributed by atoms with van der Waals surface area (Å²) in [4.78, 5) is 7.18. The van der Waals surface area contributed by atoms with Crippen LogP contribution in [0, 0.1) is 6.92 Å². The maximum atomic E-state index is 5.47. The van der Waals surface area contributed by atoms with Crippen LogP contribution in [0.15, 0.2) is 24.4 Å². The second kappa shape index (κ2) is 11.8. The van der Waals surface area contributed by atoms with Crippen molar-refractivity contribution >= 4 is 16.6 Å². The fraction of sp³-hybridized carbons (Fsp3) is 0.609. The molecule has 0 radical (unpaired) electrons. The topological polar surface area (TPSA) is 37.4 Å². The second-order valence-electron chi connectivity index (χ2n) is 7.38. The minimum atomic E-state index is 0.882. The lowest BCUT2D eigenvalue weighted by Crippen LogP contribution is -2.26. The molecule has 0 saturated carbocycles. The molecule has 2 rings (SSSR count). The summed E-state index contributed by atoms with van der Waals surface area (Å²) in [5.74, 6) is 0.882. The molecule has 0 aliphatic carbocycles. The molecule has 4 nitrogen and oxygen atoms in total. The Labute approximate surface area is 165 Å². The van der Waals surface area contributed by atoms with Crippen molar-refractivity contribution in [3.63, 3.8) is 0 Å². The van der Waals surface area contributed by atoms with Crippen LogP contribution in [0.5, 0.6) is 5.75 Å². The van der Waals surface area contributed by atoms with E-state index in [0.29, 0.717) is 0 Å². The maximum Gasteiger partial charge on any atom is 0.121 e. The summed E-state index contributed by atoms with van der Waals surface area (Å²) in [6.07, 6.45) is 9.47. The van der Waals surface area contributed by atoms with Gasteiger partial charge in [-0.25, -0.2) is 0 Å². The predicted octanol–water partition coefficient (Wildman–Crippen LogP) is 5.65. The normalized spacial score (nSPS) is 11.3. The van der Waals surface area contributed by atoms with E-state index >= 15 is 0 Å². The summed E-state index contributed by atoms with van der Waals surface area (Å²) in [6.45, 7) is 11.4. The molecule has 0 saturated heterocycles. The Hall–Kier alpha value is -1.81. The first-order valence-corrected chi connectivity index (χ1v) is 10.6. The van der Waals surface area contributed by atoms with E-state index in [-0.39, 0.29) is 0 Å². The Morgan fingerprint density at radius 3 is 2.44 bits per heavy atom. The van der Waals surface area contributed by atoms with Crippen LogP contribution in [0.25, 0.3) is 10.9 Å². The largest absolute Gasteiger partial charge is 0.497 e. The second-order valence-corrected chi connectivity index (χ2v) is 7.38. The van der Waals surface area contributed by atoms with E-state index in [1.165, 1.54) is 63.7 Å². The number of ether oxygens (including phenoxy) is 1. The summed E-state index contributed by atoms with van der Waals surface area (Å²) in [5, 5.41) is 4.74. The first-order valence-electron chi connectivity index (χ1n) is 10.6. The predicted molar refractivity (Wildman–Crippen MR) is 117 cm³/mol. The zero-order chi connectivity index (χ0) is 19.5. The molecule has 0 spiro atoms. The van der Waals surface area contributed by atoms with Crippen molar-refractivity contribution in [1.82, 2.24) is 9.88 Å². The highest BCUT2D eigenvalue weighted by molar-refractivity contribution is 5.93. The number of nitrogens with zero attached hydrogens (tertiary/aromatic N) is 2. The molecular formula is C23H37N3O. The van der Waals surface area contributed by atoms with Gasteiger partial charge in [-0.3, -0.25) is 4.98 Å². The van der Waals surface area contributed by atoms with Crippen LogP contribution in [-0.4, -0.2) is 43.2 Å². The van der Waals surface area contributed by atoms with Crippen molar-refractivity contribution in [1.29, 1.82) is 0 Å². The Bertz CT molecular complexity index is 681. The molecule has 27 heavy (non-hydrogen) atoms. The van der Waals surface area contributed by atoms with Gasteiger partial charge in [0.25, 0.3) is 0 Å². The summed E-state index contributed by atoms with van der Waals surface area (Å²) < 4.78 is 5.47. The van der Waals surface area contributed by atoms with Gasteiger partial charge in [0.2, 0.25) is 0 Å². The molecular weight excluding hydrogens is 334 g/mol. The molecule has 0 aliphatic heterocycles. The zero-order valence-electron chi connectivity index (χ0n) is 17.7. The molecule has 0 fully saturated rings. The third-order valence-corrected chi connectivity index (χ3v) is 5.07. The number of pyridine rings is 1. The fourth-order valence-electron chi connectivity index (χ4n) is 3.62. The molecule has 1 N–H and O–H groups in total. The Morgan fingerprint density at radius 1 is 1.00 bits per heavy atom.